The van der Waals surface area contributed by atoms with Crippen LogP contribution in [-0.2, 0) is 4.79 Å². The second-order valence-corrected chi connectivity index (χ2v) is 5.67. The van der Waals surface area contributed by atoms with Crippen LogP contribution in [0.2, 0.25) is 0 Å². The molecule has 1 atom stereocenters. The number of carbonyl (C=O) groups excluding carboxylic acids is 2. The molecule has 0 spiro atoms. The highest BCUT2D eigenvalue weighted by Gasteiger charge is 2.32. The van der Waals surface area contributed by atoms with Gasteiger partial charge in [-0.1, -0.05) is 6.07 Å². The smallest absolute Gasteiger partial charge is 0.257 e. The first kappa shape index (κ1) is 16.9. The first-order chi connectivity index (χ1) is 12.0. The predicted molar refractivity (Wildman–Crippen MR) is 87.6 cm³/mol. The Bertz CT molecular complexity index is 788. The predicted octanol–water partition coefficient (Wildman–Crippen LogP) is 2.51. The zero-order chi connectivity index (χ0) is 18.0. The van der Waals surface area contributed by atoms with Crippen molar-refractivity contribution in [1.82, 2.24) is 5.32 Å². The molecule has 2 aromatic rings. The van der Waals surface area contributed by atoms with Crippen molar-refractivity contribution in [2.24, 2.45) is 0 Å². The van der Waals surface area contributed by atoms with Crippen molar-refractivity contribution in [2.45, 2.75) is 12.5 Å². The van der Waals surface area contributed by atoms with Gasteiger partial charge >= 0.3 is 0 Å². The van der Waals surface area contributed by atoms with E-state index in [9.17, 15) is 18.4 Å². The summed E-state index contributed by atoms with van der Waals surface area (Å²) in [6, 6.07) is 9.61. The number of halogens is 2. The van der Waals surface area contributed by atoms with E-state index < -0.39 is 29.1 Å². The molecular formula is C18H16F2N2O3. The third kappa shape index (κ3) is 3.45. The van der Waals surface area contributed by atoms with E-state index >= 15 is 0 Å². The molecule has 0 aromatic heterocycles. The van der Waals surface area contributed by atoms with E-state index in [1.54, 1.807) is 31.4 Å². The first-order valence-corrected chi connectivity index (χ1v) is 7.69. The lowest BCUT2D eigenvalue weighted by molar-refractivity contribution is -0.117. The van der Waals surface area contributed by atoms with Crippen LogP contribution in [0.25, 0.3) is 0 Å². The normalized spacial score (nSPS) is 16.8. The van der Waals surface area contributed by atoms with Gasteiger partial charge in [-0.2, -0.15) is 0 Å². The van der Waals surface area contributed by atoms with Crippen LogP contribution < -0.4 is 15.0 Å². The van der Waals surface area contributed by atoms with E-state index in [0.717, 1.165) is 12.1 Å². The van der Waals surface area contributed by atoms with E-state index in [1.165, 1.54) is 11.0 Å². The summed E-state index contributed by atoms with van der Waals surface area (Å²) < 4.78 is 32.4. The van der Waals surface area contributed by atoms with Crippen LogP contribution in [0.1, 0.15) is 16.8 Å². The van der Waals surface area contributed by atoms with Gasteiger partial charge in [0.15, 0.2) is 0 Å². The molecular weight excluding hydrogens is 330 g/mol. The number of benzene rings is 2. The summed E-state index contributed by atoms with van der Waals surface area (Å²) in [5, 5.41) is 2.52. The van der Waals surface area contributed by atoms with Crippen molar-refractivity contribution in [3.8, 4) is 5.75 Å². The molecule has 3 rings (SSSR count). The maximum Gasteiger partial charge on any atom is 0.257 e. The van der Waals surface area contributed by atoms with Crippen LogP contribution >= 0.6 is 0 Å². The van der Waals surface area contributed by atoms with E-state index in [4.69, 9.17) is 4.74 Å². The Morgan fingerprint density at radius 3 is 2.40 bits per heavy atom. The Labute approximate surface area is 143 Å². The molecule has 1 heterocycles. The van der Waals surface area contributed by atoms with Gasteiger partial charge < -0.3 is 15.0 Å². The molecule has 1 N–H and O–H groups in total. The zero-order valence-electron chi connectivity index (χ0n) is 13.5. The van der Waals surface area contributed by atoms with Crippen LogP contribution in [0, 0.1) is 11.6 Å². The van der Waals surface area contributed by atoms with Gasteiger partial charge in [-0.15, -0.1) is 0 Å². The molecule has 0 radical (unpaired) electrons. The second kappa shape index (κ2) is 6.88. The van der Waals surface area contributed by atoms with E-state index in [1.807, 2.05) is 0 Å². The van der Waals surface area contributed by atoms with Gasteiger partial charge in [0.2, 0.25) is 5.91 Å². The number of hydrogen-bond donors (Lipinski definition) is 1. The molecule has 7 heteroatoms. The maximum atomic E-state index is 13.7. The Kier molecular flexibility index (Phi) is 4.65. The molecule has 0 aliphatic carbocycles. The molecule has 1 aliphatic rings. The minimum absolute atomic E-state index is 0.0633. The number of amides is 2. The fourth-order valence-corrected chi connectivity index (χ4v) is 2.79. The van der Waals surface area contributed by atoms with Crippen molar-refractivity contribution < 1.29 is 23.1 Å². The third-order valence-corrected chi connectivity index (χ3v) is 4.03. The summed E-state index contributed by atoms with van der Waals surface area (Å²) in [5.74, 6) is -2.26. The second-order valence-electron chi connectivity index (χ2n) is 5.67. The lowest BCUT2D eigenvalue weighted by Gasteiger charge is -2.17. The van der Waals surface area contributed by atoms with Crippen molar-refractivity contribution in [2.75, 3.05) is 18.6 Å². The monoisotopic (exact) mass is 346 g/mol. The Morgan fingerprint density at radius 2 is 1.80 bits per heavy atom. The van der Waals surface area contributed by atoms with Gasteiger partial charge in [0, 0.05) is 18.7 Å². The van der Waals surface area contributed by atoms with Crippen LogP contribution in [0.4, 0.5) is 14.5 Å². The summed E-state index contributed by atoms with van der Waals surface area (Å²) in [6.45, 7) is 0.229. The van der Waals surface area contributed by atoms with Gasteiger partial charge in [0.1, 0.15) is 22.9 Å². The van der Waals surface area contributed by atoms with Gasteiger partial charge in [0.25, 0.3) is 5.91 Å². The number of anilines is 1. The lowest BCUT2D eigenvalue weighted by Crippen LogP contribution is -2.38. The minimum Gasteiger partial charge on any atom is -0.497 e. The number of hydrogen-bond acceptors (Lipinski definition) is 3. The van der Waals surface area contributed by atoms with Crippen molar-refractivity contribution >= 4 is 17.5 Å². The van der Waals surface area contributed by atoms with Gasteiger partial charge in [-0.25, -0.2) is 8.78 Å². The molecule has 25 heavy (non-hydrogen) atoms. The highest BCUT2D eigenvalue weighted by atomic mass is 19.1. The summed E-state index contributed by atoms with van der Waals surface area (Å²) in [5.41, 5.74) is 0.0254. The van der Waals surface area contributed by atoms with Crippen LogP contribution in [-0.4, -0.2) is 31.5 Å². The summed E-state index contributed by atoms with van der Waals surface area (Å²) in [4.78, 5) is 25.8. The van der Waals surface area contributed by atoms with Crippen molar-refractivity contribution in [3.05, 3.63) is 59.7 Å². The summed E-state index contributed by atoms with van der Waals surface area (Å²) in [7, 11) is 1.55. The van der Waals surface area contributed by atoms with Crippen molar-refractivity contribution in [1.29, 1.82) is 0 Å². The number of rotatable bonds is 4. The molecule has 1 saturated heterocycles. The van der Waals surface area contributed by atoms with Gasteiger partial charge in [0.05, 0.1) is 13.2 Å². The first-order valence-electron chi connectivity index (χ1n) is 7.69. The summed E-state index contributed by atoms with van der Waals surface area (Å²) in [6.07, 6.45) is 0.0633. The van der Waals surface area contributed by atoms with Gasteiger partial charge in [-0.05, 0) is 36.4 Å². The van der Waals surface area contributed by atoms with Crippen LogP contribution in [0.15, 0.2) is 42.5 Å². The highest BCUT2D eigenvalue weighted by Crippen LogP contribution is 2.24. The van der Waals surface area contributed by atoms with Crippen LogP contribution in [0.3, 0.4) is 0 Å². The van der Waals surface area contributed by atoms with E-state index in [0.29, 0.717) is 11.4 Å². The summed E-state index contributed by atoms with van der Waals surface area (Å²) >= 11 is 0. The number of methoxy groups -OCH3 is 1. The number of nitrogens with one attached hydrogen (secondary N) is 1. The standard InChI is InChI=1S/C18H16F2N2O3/c1-25-13-7-5-12(6-8-13)22-10-11(9-16(22)23)21-18(24)17-14(19)3-2-4-15(17)20/h2-8,11H,9-10H2,1H3,(H,21,24). The molecule has 5 nitrogen and oxygen atoms in total. The molecule has 1 unspecified atom stereocenters. The van der Waals surface area contributed by atoms with Crippen LogP contribution in [0.5, 0.6) is 5.75 Å². The highest BCUT2D eigenvalue weighted by molar-refractivity contribution is 5.99. The molecule has 0 saturated carbocycles. The van der Waals surface area contributed by atoms with E-state index in [2.05, 4.69) is 5.32 Å². The Hall–Kier alpha value is -2.96. The molecule has 2 aromatic carbocycles. The van der Waals surface area contributed by atoms with E-state index in [-0.39, 0.29) is 18.9 Å². The fourth-order valence-electron chi connectivity index (χ4n) is 2.79. The molecule has 1 aliphatic heterocycles. The largest absolute Gasteiger partial charge is 0.497 e. The number of carbonyl (C=O) groups is 2. The third-order valence-electron chi connectivity index (χ3n) is 4.03. The SMILES string of the molecule is COc1ccc(N2CC(NC(=O)c3c(F)cccc3F)CC2=O)cc1. The van der Waals surface area contributed by atoms with Gasteiger partial charge in [-0.3, -0.25) is 9.59 Å². The quantitative estimate of drug-likeness (QED) is 0.925. The average molecular weight is 346 g/mol. The minimum atomic E-state index is -0.936. The lowest BCUT2D eigenvalue weighted by atomic mass is 10.1. The molecule has 0 bridgehead atoms. The number of ether oxygens (including phenoxy) is 1. The average Bonchev–Trinajstić information content (AvgIpc) is 2.95. The van der Waals surface area contributed by atoms with Crippen molar-refractivity contribution in [3.63, 3.8) is 0 Å². The molecule has 130 valence electrons. The number of nitrogens with zero attached hydrogens (tertiary/aromatic N) is 1. The topological polar surface area (TPSA) is 58.6 Å². The zero-order valence-corrected chi connectivity index (χ0v) is 13.5. The molecule has 1 fully saturated rings. The molecule has 2 amide bonds. The Morgan fingerprint density at radius 1 is 1.16 bits per heavy atom. The Balaban J connectivity index is 1.71. The maximum absolute atomic E-state index is 13.7. The fraction of sp³-hybridized carbons (Fsp3) is 0.222.